The number of benzene rings is 1. The van der Waals surface area contributed by atoms with Crippen molar-refractivity contribution >= 4 is 6.09 Å². The second-order valence-corrected chi connectivity index (χ2v) is 5.58. The quantitative estimate of drug-likeness (QED) is 0.818. The van der Waals surface area contributed by atoms with Gasteiger partial charge in [-0.3, -0.25) is 0 Å². The summed E-state index contributed by atoms with van der Waals surface area (Å²) in [5.41, 5.74) is 0.755. The van der Waals surface area contributed by atoms with E-state index in [0.29, 0.717) is 6.61 Å². The molecule has 4 atom stereocenters. The molecule has 2 saturated heterocycles. The third kappa shape index (κ3) is 3.20. The number of hydrogen-bond acceptors (Lipinski definition) is 3. The summed E-state index contributed by atoms with van der Waals surface area (Å²) in [5, 5.41) is 9.29. The topological polar surface area (TPSA) is 62.3 Å². The number of amides is 1. The number of rotatable bonds is 6. The molecule has 3 rings (SSSR count). The van der Waals surface area contributed by atoms with Gasteiger partial charge >= 0.3 is 6.09 Å². The van der Waals surface area contributed by atoms with Crippen molar-refractivity contribution < 1.29 is 28.2 Å². The number of carbonyl (C=O) groups is 1. The monoisotopic (exact) mass is 313 g/mol. The third-order valence-electron chi connectivity index (χ3n) is 4.06. The van der Waals surface area contributed by atoms with E-state index in [1.807, 2.05) is 6.07 Å². The number of hydrogen-bond donors (Lipinski definition) is 1. The summed E-state index contributed by atoms with van der Waals surface area (Å²) in [4.78, 5) is 12.4. The number of ether oxygens (including phenoxy) is 2. The normalized spacial score (nSPS) is 27.5. The van der Waals surface area contributed by atoms with Gasteiger partial charge in [0.25, 0.3) is 0 Å². The average molecular weight is 313 g/mol. The molecule has 0 bridgehead atoms. The molecule has 22 heavy (non-hydrogen) atoms. The minimum absolute atomic E-state index is 0.0705. The van der Waals surface area contributed by atoms with Gasteiger partial charge in [-0.15, -0.1) is 0 Å². The predicted molar refractivity (Wildman–Crippen MR) is 72.8 cm³/mol. The van der Waals surface area contributed by atoms with Crippen LogP contribution in [0.3, 0.4) is 0 Å². The van der Waals surface area contributed by atoms with E-state index >= 15 is 0 Å². The maximum absolute atomic E-state index is 13.4. The fourth-order valence-corrected chi connectivity index (χ4v) is 2.84. The lowest BCUT2D eigenvalue weighted by Gasteiger charge is -2.28. The van der Waals surface area contributed by atoms with Gasteiger partial charge in [0, 0.05) is 13.1 Å². The van der Waals surface area contributed by atoms with Crippen LogP contribution in [-0.4, -0.2) is 54.0 Å². The lowest BCUT2D eigenvalue weighted by atomic mass is 9.99. The first kappa shape index (κ1) is 15.2. The lowest BCUT2D eigenvalue weighted by Crippen LogP contribution is -2.43. The molecule has 120 valence electrons. The van der Waals surface area contributed by atoms with Crippen LogP contribution in [0.4, 0.5) is 13.6 Å². The van der Waals surface area contributed by atoms with Crippen LogP contribution >= 0.6 is 0 Å². The van der Waals surface area contributed by atoms with E-state index in [-0.39, 0.29) is 25.3 Å². The summed E-state index contributed by atoms with van der Waals surface area (Å²) in [6.07, 6.45) is -5.03. The molecule has 0 unspecified atom stereocenters. The van der Waals surface area contributed by atoms with Crippen molar-refractivity contribution in [1.29, 1.82) is 0 Å². The van der Waals surface area contributed by atoms with E-state index in [1.54, 1.807) is 24.3 Å². The van der Waals surface area contributed by atoms with Crippen molar-refractivity contribution in [3.8, 4) is 0 Å². The molecule has 0 spiro atoms. The van der Waals surface area contributed by atoms with Crippen molar-refractivity contribution in [1.82, 2.24) is 4.90 Å². The smallest absolute Gasteiger partial charge is 0.407 e. The van der Waals surface area contributed by atoms with Crippen LogP contribution in [0.2, 0.25) is 0 Å². The molecule has 1 aromatic rings. The summed E-state index contributed by atoms with van der Waals surface area (Å²) in [5.74, 6) is -1.18. The highest BCUT2D eigenvalue weighted by molar-refractivity contribution is 5.65. The second-order valence-electron chi connectivity index (χ2n) is 5.58. The zero-order chi connectivity index (χ0) is 15.7. The number of alkyl halides is 2. The Balaban J connectivity index is 1.69. The molecule has 5 nitrogen and oxygen atoms in total. The van der Waals surface area contributed by atoms with Crippen molar-refractivity contribution in [2.75, 3.05) is 13.2 Å². The fraction of sp³-hybridized carbons (Fsp3) is 0.533. The minimum atomic E-state index is -2.66. The van der Waals surface area contributed by atoms with E-state index in [2.05, 4.69) is 0 Å². The molecule has 0 aromatic heterocycles. The predicted octanol–water partition coefficient (Wildman–Crippen LogP) is 2.21. The van der Waals surface area contributed by atoms with Crippen LogP contribution in [0.1, 0.15) is 5.56 Å². The van der Waals surface area contributed by atoms with Crippen molar-refractivity contribution in [2.45, 2.75) is 31.3 Å². The summed E-state index contributed by atoms with van der Waals surface area (Å²) in [7, 11) is 0. The van der Waals surface area contributed by atoms with Gasteiger partial charge in [0.05, 0.1) is 18.6 Å². The molecule has 2 aliphatic heterocycles. The summed E-state index contributed by atoms with van der Waals surface area (Å²) < 4.78 is 37.3. The molecule has 2 heterocycles. The maximum Gasteiger partial charge on any atom is 0.407 e. The minimum Gasteiger partial charge on any atom is -0.465 e. The van der Waals surface area contributed by atoms with Crippen molar-refractivity contribution in [2.24, 2.45) is 5.92 Å². The van der Waals surface area contributed by atoms with Gasteiger partial charge in [-0.05, 0) is 5.56 Å². The van der Waals surface area contributed by atoms with Crippen LogP contribution < -0.4 is 0 Å². The van der Waals surface area contributed by atoms with Gasteiger partial charge in [0.2, 0.25) is 6.43 Å². The van der Waals surface area contributed by atoms with Crippen LogP contribution in [-0.2, 0) is 16.0 Å². The van der Waals surface area contributed by atoms with Crippen molar-refractivity contribution in [3.05, 3.63) is 35.9 Å². The van der Waals surface area contributed by atoms with Gasteiger partial charge in [-0.1, -0.05) is 30.3 Å². The molecule has 2 aliphatic rings. The Kier molecular flexibility index (Phi) is 4.26. The Hall–Kier alpha value is -1.73. The summed E-state index contributed by atoms with van der Waals surface area (Å²) in [6.45, 7) is 0.102. The Morgan fingerprint density at radius 2 is 2.09 bits per heavy atom. The molecule has 7 heteroatoms. The van der Waals surface area contributed by atoms with Gasteiger partial charge in [0.15, 0.2) is 0 Å². The van der Waals surface area contributed by atoms with E-state index in [1.165, 1.54) is 0 Å². The van der Waals surface area contributed by atoms with Crippen LogP contribution in [0.5, 0.6) is 0 Å². The summed E-state index contributed by atoms with van der Waals surface area (Å²) in [6, 6.07) is 8.90. The Bertz CT molecular complexity index is 528. The second kappa shape index (κ2) is 6.18. The zero-order valence-corrected chi connectivity index (χ0v) is 11.8. The molecule has 1 N–H and O–H groups in total. The molecule has 1 aromatic carbocycles. The molecule has 1 amide bonds. The number of nitrogens with zero attached hydrogens (tertiary/aromatic N) is 1. The molecule has 0 aliphatic carbocycles. The number of fused-ring (bicyclic) bond motifs is 1. The van der Waals surface area contributed by atoms with Gasteiger partial charge in [0.1, 0.15) is 12.2 Å². The SMILES string of the molecule is O=C(O)N(Cc1ccccc1)C[C@H](C(F)F)[C@H]1OC[C@@H]2O[C@H]12. The molecular weight excluding hydrogens is 296 g/mol. The number of epoxide rings is 1. The van der Waals surface area contributed by atoms with Crippen molar-refractivity contribution in [3.63, 3.8) is 0 Å². The highest BCUT2D eigenvalue weighted by atomic mass is 19.3. The maximum atomic E-state index is 13.4. The van der Waals surface area contributed by atoms with Crippen LogP contribution in [0.15, 0.2) is 30.3 Å². The number of carboxylic acid groups (broad SMARTS) is 1. The van der Waals surface area contributed by atoms with Crippen LogP contribution in [0.25, 0.3) is 0 Å². The van der Waals surface area contributed by atoms with E-state index in [4.69, 9.17) is 9.47 Å². The van der Waals surface area contributed by atoms with E-state index < -0.39 is 24.5 Å². The first-order valence-corrected chi connectivity index (χ1v) is 7.13. The third-order valence-corrected chi connectivity index (χ3v) is 4.06. The Morgan fingerprint density at radius 3 is 2.59 bits per heavy atom. The zero-order valence-electron chi connectivity index (χ0n) is 11.8. The highest BCUT2D eigenvalue weighted by Gasteiger charge is 2.56. The van der Waals surface area contributed by atoms with Gasteiger partial charge < -0.3 is 19.5 Å². The largest absolute Gasteiger partial charge is 0.465 e. The molecule has 2 fully saturated rings. The first-order chi connectivity index (χ1) is 10.6. The average Bonchev–Trinajstić information content (AvgIpc) is 3.16. The fourth-order valence-electron chi connectivity index (χ4n) is 2.84. The Labute approximate surface area is 126 Å². The lowest BCUT2D eigenvalue weighted by molar-refractivity contribution is -0.0675. The molecule has 0 radical (unpaired) electrons. The summed E-state index contributed by atoms with van der Waals surface area (Å²) >= 11 is 0. The molecular formula is C15H17F2NO4. The highest BCUT2D eigenvalue weighted by Crippen LogP contribution is 2.39. The van der Waals surface area contributed by atoms with E-state index in [9.17, 15) is 18.7 Å². The standard InChI is InChI=1S/C15H17F2NO4/c16-14(17)10(12-13-11(22-13)8-21-12)7-18(15(19)20)6-9-4-2-1-3-5-9/h1-5,10-14H,6-8H2,(H,19,20)/t10-,11-,12+,13-/m0/s1. The Morgan fingerprint density at radius 1 is 1.36 bits per heavy atom. The van der Waals surface area contributed by atoms with Crippen LogP contribution in [0, 0.1) is 5.92 Å². The molecule has 0 saturated carbocycles. The van der Waals surface area contributed by atoms with E-state index in [0.717, 1.165) is 10.5 Å². The first-order valence-electron chi connectivity index (χ1n) is 7.13. The van der Waals surface area contributed by atoms with Gasteiger partial charge in [-0.25, -0.2) is 13.6 Å². The van der Waals surface area contributed by atoms with Gasteiger partial charge in [-0.2, -0.15) is 0 Å². The number of halogens is 2.